The van der Waals surface area contributed by atoms with Gasteiger partial charge in [-0.05, 0) is 18.2 Å². The van der Waals surface area contributed by atoms with Crippen LogP contribution in [-0.2, 0) is 0 Å². The number of nitrogens with zero attached hydrogens (tertiary/aromatic N) is 3. The molecule has 0 unspecified atom stereocenters. The van der Waals surface area contributed by atoms with E-state index in [1.165, 1.54) is 18.5 Å². The Kier molecular flexibility index (Phi) is 2.37. The van der Waals surface area contributed by atoms with Crippen molar-refractivity contribution in [3.05, 3.63) is 60.3 Å². The number of carbonyl (C=O) groups excluding carboxylic acids is 1. The lowest BCUT2D eigenvalue weighted by Crippen LogP contribution is -2.14. The second-order valence-corrected chi connectivity index (χ2v) is 3.76. The smallest absolute Gasteiger partial charge is 0.265 e. The van der Waals surface area contributed by atoms with E-state index >= 15 is 0 Å². The van der Waals surface area contributed by atoms with Gasteiger partial charge in [-0.2, -0.15) is 5.10 Å². The van der Waals surface area contributed by atoms with E-state index in [0.29, 0.717) is 5.39 Å². The van der Waals surface area contributed by atoms with Crippen LogP contribution in [0.3, 0.4) is 0 Å². The molecule has 3 aromatic rings. The van der Waals surface area contributed by atoms with Gasteiger partial charge in [-0.25, -0.2) is 14.1 Å². The van der Waals surface area contributed by atoms with Crippen LogP contribution < -0.4 is 0 Å². The fourth-order valence-electron chi connectivity index (χ4n) is 1.74. The maximum Gasteiger partial charge on any atom is 0.296 e. The molecule has 1 aromatic carbocycles. The Labute approximate surface area is 102 Å². The number of fused-ring (bicyclic) bond motifs is 1. The first kappa shape index (κ1) is 10.6. The van der Waals surface area contributed by atoms with Crippen LogP contribution in [0.25, 0.3) is 10.9 Å². The third kappa shape index (κ3) is 1.66. The van der Waals surface area contributed by atoms with Crippen molar-refractivity contribution < 1.29 is 9.18 Å². The van der Waals surface area contributed by atoms with Crippen LogP contribution in [0.4, 0.5) is 4.39 Å². The van der Waals surface area contributed by atoms with Gasteiger partial charge in [0, 0.05) is 17.8 Å². The first-order valence-corrected chi connectivity index (χ1v) is 5.35. The average Bonchev–Trinajstić information content (AvgIpc) is 2.92. The summed E-state index contributed by atoms with van der Waals surface area (Å²) in [4.78, 5) is 16.0. The van der Waals surface area contributed by atoms with Gasteiger partial charge < -0.3 is 0 Å². The molecule has 0 fully saturated rings. The van der Waals surface area contributed by atoms with Gasteiger partial charge in [-0.15, -0.1) is 0 Å². The number of hydrogen-bond acceptors (Lipinski definition) is 3. The number of para-hydroxylation sites is 1. The molecule has 0 radical (unpaired) electrons. The highest BCUT2D eigenvalue weighted by Gasteiger charge is 2.12. The van der Waals surface area contributed by atoms with Gasteiger partial charge in [0.1, 0.15) is 17.0 Å². The van der Waals surface area contributed by atoms with Crippen LogP contribution in [0.5, 0.6) is 0 Å². The van der Waals surface area contributed by atoms with Crippen LogP contribution in [0, 0.1) is 5.82 Å². The van der Waals surface area contributed by atoms with E-state index in [1.54, 1.807) is 30.3 Å². The van der Waals surface area contributed by atoms with Gasteiger partial charge in [-0.1, -0.05) is 18.2 Å². The Morgan fingerprint density at radius 1 is 1.17 bits per heavy atom. The summed E-state index contributed by atoms with van der Waals surface area (Å²) < 4.78 is 14.7. The zero-order valence-corrected chi connectivity index (χ0v) is 9.25. The molecule has 0 N–H and O–H groups in total. The van der Waals surface area contributed by atoms with Gasteiger partial charge >= 0.3 is 0 Å². The molecule has 0 amide bonds. The minimum absolute atomic E-state index is 0.163. The molecule has 3 rings (SSSR count). The monoisotopic (exact) mass is 241 g/mol. The number of hydrogen-bond donors (Lipinski definition) is 0. The highest BCUT2D eigenvalue weighted by Crippen LogP contribution is 2.16. The molecule has 0 aliphatic rings. The fourth-order valence-corrected chi connectivity index (χ4v) is 1.74. The number of aromatic nitrogens is 3. The van der Waals surface area contributed by atoms with Crippen molar-refractivity contribution in [3.8, 4) is 0 Å². The summed E-state index contributed by atoms with van der Waals surface area (Å²) in [5.41, 5.74) is 0.354. The second-order valence-electron chi connectivity index (χ2n) is 3.76. The minimum Gasteiger partial charge on any atom is -0.265 e. The average molecular weight is 241 g/mol. The van der Waals surface area contributed by atoms with E-state index in [1.807, 2.05) is 0 Å². The molecule has 2 aromatic heterocycles. The molecule has 88 valence electrons. The van der Waals surface area contributed by atoms with Crippen LogP contribution in [-0.4, -0.2) is 20.7 Å². The number of benzene rings is 1. The zero-order valence-electron chi connectivity index (χ0n) is 9.25. The van der Waals surface area contributed by atoms with E-state index < -0.39 is 5.82 Å². The Bertz CT molecular complexity index is 722. The molecule has 0 aliphatic heterocycles. The molecule has 0 atom stereocenters. The summed E-state index contributed by atoms with van der Waals surface area (Å²) in [6, 6.07) is 9.53. The summed E-state index contributed by atoms with van der Waals surface area (Å²) in [7, 11) is 0. The Morgan fingerprint density at radius 2 is 2.06 bits per heavy atom. The van der Waals surface area contributed by atoms with Gasteiger partial charge in [-0.3, -0.25) is 4.79 Å². The summed E-state index contributed by atoms with van der Waals surface area (Å²) in [5, 5.41) is 4.49. The van der Waals surface area contributed by atoms with Gasteiger partial charge in [0.2, 0.25) is 0 Å². The first-order chi connectivity index (χ1) is 8.75. The zero-order chi connectivity index (χ0) is 12.5. The summed E-state index contributed by atoms with van der Waals surface area (Å²) in [6.07, 6.45) is 3.02. The molecule has 18 heavy (non-hydrogen) atoms. The molecule has 4 nitrogen and oxygen atoms in total. The Morgan fingerprint density at radius 3 is 2.83 bits per heavy atom. The van der Waals surface area contributed by atoms with E-state index in [-0.39, 0.29) is 17.1 Å². The molecule has 2 heterocycles. The first-order valence-electron chi connectivity index (χ1n) is 5.35. The maximum absolute atomic E-state index is 13.6. The van der Waals surface area contributed by atoms with E-state index in [0.717, 1.165) is 4.68 Å². The topological polar surface area (TPSA) is 47.8 Å². The van der Waals surface area contributed by atoms with Crippen molar-refractivity contribution in [2.24, 2.45) is 0 Å². The molecule has 0 spiro atoms. The van der Waals surface area contributed by atoms with Crippen LogP contribution in [0.1, 0.15) is 10.5 Å². The lowest BCUT2D eigenvalue weighted by Gasteiger charge is -2.02. The molecule has 5 heteroatoms. The molecule has 0 bridgehead atoms. The second kappa shape index (κ2) is 4.03. The van der Waals surface area contributed by atoms with Crippen LogP contribution in [0.15, 0.2) is 48.8 Å². The van der Waals surface area contributed by atoms with Crippen molar-refractivity contribution in [1.82, 2.24) is 14.8 Å². The predicted octanol–water partition coefficient (Wildman–Crippen LogP) is 2.26. The van der Waals surface area contributed by atoms with Crippen molar-refractivity contribution in [1.29, 1.82) is 0 Å². The van der Waals surface area contributed by atoms with Crippen molar-refractivity contribution in [3.63, 3.8) is 0 Å². The number of halogens is 1. The maximum atomic E-state index is 13.6. The number of rotatable bonds is 1. The van der Waals surface area contributed by atoms with E-state index in [9.17, 15) is 9.18 Å². The van der Waals surface area contributed by atoms with Gasteiger partial charge in [0.15, 0.2) is 0 Å². The van der Waals surface area contributed by atoms with Gasteiger partial charge in [0.25, 0.3) is 5.91 Å². The third-order valence-corrected chi connectivity index (χ3v) is 2.60. The molecular weight excluding hydrogens is 233 g/mol. The van der Waals surface area contributed by atoms with Crippen LogP contribution in [0.2, 0.25) is 0 Å². The lowest BCUT2D eigenvalue weighted by atomic mass is 10.2. The summed E-state index contributed by atoms with van der Waals surface area (Å²) >= 11 is 0. The van der Waals surface area contributed by atoms with E-state index in [4.69, 9.17) is 0 Å². The standard InChI is InChI=1S/C13H8FN3O/c14-10-4-1-3-9-5-6-11(16-12(9)10)13(18)17-8-2-7-15-17/h1-8H. The van der Waals surface area contributed by atoms with Crippen molar-refractivity contribution >= 4 is 16.8 Å². The summed E-state index contributed by atoms with van der Waals surface area (Å²) in [5.74, 6) is -0.826. The van der Waals surface area contributed by atoms with Crippen molar-refractivity contribution in [2.45, 2.75) is 0 Å². The lowest BCUT2D eigenvalue weighted by molar-refractivity contribution is 0.0940. The van der Waals surface area contributed by atoms with E-state index in [2.05, 4.69) is 10.1 Å². The number of pyridine rings is 1. The van der Waals surface area contributed by atoms with Gasteiger partial charge in [0.05, 0.1) is 0 Å². The minimum atomic E-state index is -0.442. The number of carbonyl (C=O) groups is 1. The predicted molar refractivity (Wildman–Crippen MR) is 63.7 cm³/mol. The third-order valence-electron chi connectivity index (χ3n) is 2.60. The Hall–Kier alpha value is -2.56. The SMILES string of the molecule is O=C(c1ccc2cccc(F)c2n1)n1cccn1. The molecule has 0 saturated heterocycles. The quantitative estimate of drug-likeness (QED) is 0.656. The highest BCUT2D eigenvalue weighted by molar-refractivity contribution is 5.95. The van der Waals surface area contributed by atoms with Crippen molar-refractivity contribution in [2.75, 3.05) is 0 Å². The normalized spacial score (nSPS) is 10.7. The Balaban J connectivity index is 2.14. The molecule has 0 saturated carbocycles. The molecular formula is C13H8FN3O. The highest BCUT2D eigenvalue weighted by atomic mass is 19.1. The fraction of sp³-hybridized carbons (Fsp3) is 0. The van der Waals surface area contributed by atoms with Crippen LogP contribution >= 0.6 is 0 Å². The summed E-state index contributed by atoms with van der Waals surface area (Å²) in [6.45, 7) is 0. The largest absolute Gasteiger partial charge is 0.296 e. The molecule has 0 aliphatic carbocycles.